The number of carbonyl (C=O) groups is 2. The normalized spacial score (nSPS) is 13.8. The van der Waals surface area contributed by atoms with Crippen LogP contribution in [0.25, 0.3) is 11.1 Å². The van der Waals surface area contributed by atoms with E-state index < -0.39 is 64.0 Å². The molecule has 0 unspecified atom stereocenters. The van der Waals surface area contributed by atoms with Crippen molar-refractivity contribution in [3.05, 3.63) is 58.7 Å². The summed E-state index contributed by atoms with van der Waals surface area (Å²) in [5, 5.41) is 1.76. The lowest BCUT2D eigenvalue weighted by molar-refractivity contribution is -0.274. The molecule has 0 atom stereocenters. The minimum absolute atomic E-state index is 0.0757. The molecule has 2 N–H and O–H groups in total. The van der Waals surface area contributed by atoms with Gasteiger partial charge >= 0.3 is 6.36 Å². The number of hydrogen-bond acceptors (Lipinski definition) is 4. The van der Waals surface area contributed by atoms with Gasteiger partial charge < -0.3 is 10.1 Å². The van der Waals surface area contributed by atoms with Crippen LogP contribution in [0, 0.1) is 23.3 Å². The Morgan fingerprint density at radius 3 is 2.09 bits per heavy atom. The number of anilines is 1. The number of halogens is 7. The van der Waals surface area contributed by atoms with Crippen molar-refractivity contribution in [2.75, 3.05) is 11.6 Å². The van der Waals surface area contributed by atoms with Gasteiger partial charge in [-0.25, -0.2) is 17.6 Å². The zero-order valence-electron chi connectivity index (χ0n) is 17.2. The van der Waals surface area contributed by atoms with Crippen LogP contribution in [0.5, 0.6) is 5.75 Å². The Hall–Kier alpha value is -3.22. The van der Waals surface area contributed by atoms with Crippen molar-refractivity contribution in [3.63, 3.8) is 0 Å². The second-order valence-corrected chi connectivity index (χ2v) is 7.59. The van der Waals surface area contributed by atoms with Crippen LogP contribution < -0.4 is 14.8 Å². The van der Waals surface area contributed by atoms with Gasteiger partial charge in [0.2, 0.25) is 0 Å². The first kappa shape index (κ1) is 25.4. The first-order chi connectivity index (χ1) is 15.9. The summed E-state index contributed by atoms with van der Waals surface area (Å²) in [7, 11) is 0. The highest BCUT2D eigenvalue weighted by Gasteiger charge is 2.33. The zero-order valence-corrected chi connectivity index (χ0v) is 18.0. The third kappa shape index (κ3) is 5.29. The molecule has 1 aliphatic carbocycles. The number of alkyl halides is 3. The summed E-state index contributed by atoms with van der Waals surface area (Å²) in [4.78, 5) is 24.6. The summed E-state index contributed by atoms with van der Waals surface area (Å²) in [5.41, 5.74) is -3.38. The monoisotopic (exact) mass is 508 g/mol. The predicted octanol–water partition coefficient (Wildman–Crippen LogP) is 5.62. The van der Waals surface area contributed by atoms with Crippen molar-refractivity contribution in [1.29, 1.82) is 0 Å². The molecule has 0 spiro atoms. The van der Waals surface area contributed by atoms with Gasteiger partial charge in [0.15, 0.2) is 23.3 Å². The number of carbonyl (C=O) groups excluding carboxylic acids is 2. The summed E-state index contributed by atoms with van der Waals surface area (Å²) in [6.07, 6.45) is -2.82. The Morgan fingerprint density at radius 2 is 1.53 bits per heavy atom. The molecule has 0 fully saturated rings. The number of amides is 2. The highest BCUT2D eigenvalue weighted by Crippen LogP contribution is 2.37. The Labute approximate surface area is 192 Å². The first-order valence-corrected chi connectivity index (χ1v) is 10.8. The molecule has 0 bridgehead atoms. The fourth-order valence-corrected chi connectivity index (χ4v) is 3.74. The SMILES string of the molecule is CSNC(=O)C1=C(C(=O)Nc2c(F)c(F)c(-c3cccc(OC(F)(F)F)c3)c(F)c2F)CCC1. The molecule has 0 saturated carbocycles. The van der Waals surface area contributed by atoms with Gasteiger partial charge in [-0.2, -0.15) is 0 Å². The van der Waals surface area contributed by atoms with Gasteiger partial charge in [0.1, 0.15) is 11.4 Å². The molecular formula is C21H15F7N2O3S. The first-order valence-electron chi connectivity index (χ1n) is 9.53. The van der Waals surface area contributed by atoms with Crippen LogP contribution in [0.1, 0.15) is 19.3 Å². The highest BCUT2D eigenvalue weighted by molar-refractivity contribution is 7.97. The molecule has 1 aliphatic rings. The summed E-state index contributed by atoms with van der Waals surface area (Å²) in [5.74, 6) is -10.4. The Balaban J connectivity index is 1.99. The lowest BCUT2D eigenvalue weighted by Crippen LogP contribution is -2.23. The molecule has 0 aromatic heterocycles. The van der Waals surface area contributed by atoms with Crippen molar-refractivity contribution < 1.29 is 45.1 Å². The molecule has 2 amide bonds. The average molecular weight is 508 g/mol. The lowest BCUT2D eigenvalue weighted by Gasteiger charge is -2.15. The smallest absolute Gasteiger partial charge is 0.406 e. The quantitative estimate of drug-likeness (QED) is 0.302. The van der Waals surface area contributed by atoms with Crippen LogP contribution in [-0.2, 0) is 9.59 Å². The Bertz CT molecular complexity index is 1150. The van der Waals surface area contributed by atoms with Crippen LogP contribution in [0.3, 0.4) is 0 Å². The molecule has 182 valence electrons. The number of rotatable bonds is 6. The lowest BCUT2D eigenvalue weighted by atomic mass is 10.0. The molecule has 0 saturated heterocycles. The fraction of sp³-hybridized carbons (Fsp3) is 0.238. The van der Waals surface area contributed by atoms with E-state index in [2.05, 4.69) is 9.46 Å². The molecule has 5 nitrogen and oxygen atoms in total. The minimum atomic E-state index is -5.11. The topological polar surface area (TPSA) is 67.4 Å². The molecular weight excluding hydrogens is 493 g/mol. The van der Waals surface area contributed by atoms with E-state index in [9.17, 15) is 40.3 Å². The van der Waals surface area contributed by atoms with Gasteiger partial charge in [-0.05, 0) is 37.0 Å². The molecule has 0 aliphatic heterocycles. The summed E-state index contributed by atoms with van der Waals surface area (Å²) >= 11 is 0.971. The number of ether oxygens (including phenoxy) is 1. The van der Waals surface area contributed by atoms with E-state index in [1.54, 1.807) is 11.6 Å². The molecule has 0 radical (unpaired) electrons. The summed E-state index contributed by atoms with van der Waals surface area (Å²) in [6, 6.07) is 3.23. The van der Waals surface area contributed by atoms with Crippen molar-refractivity contribution in [2.24, 2.45) is 0 Å². The maximum absolute atomic E-state index is 14.7. The fourth-order valence-electron chi connectivity index (χ4n) is 3.43. The van der Waals surface area contributed by atoms with Gasteiger partial charge in [-0.1, -0.05) is 24.1 Å². The van der Waals surface area contributed by atoms with Gasteiger partial charge in [0.05, 0.1) is 5.56 Å². The van der Waals surface area contributed by atoms with Crippen molar-refractivity contribution in [1.82, 2.24) is 4.72 Å². The second kappa shape index (κ2) is 9.95. The highest BCUT2D eigenvalue weighted by atomic mass is 32.2. The van der Waals surface area contributed by atoms with Gasteiger partial charge in [-0.3, -0.25) is 14.3 Å². The van der Waals surface area contributed by atoms with Crippen LogP contribution in [0.4, 0.5) is 36.4 Å². The van der Waals surface area contributed by atoms with E-state index in [0.717, 1.165) is 30.1 Å². The standard InChI is InChI=1S/C21H15F7N2O3S/c1-34-30-20(32)12-7-3-6-11(12)19(31)29-18-16(24)14(22)13(15(23)17(18)25)9-4-2-5-10(8-9)33-21(26,27)28/h2,4-5,8H,3,6-7H2,1H3,(H,29,31)(H,30,32). The molecule has 2 aromatic rings. The Morgan fingerprint density at radius 1 is 0.941 bits per heavy atom. The molecule has 2 aromatic carbocycles. The van der Waals surface area contributed by atoms with Crippen LogP contribution in [-0.4, -0.2) is 24.4 Å². The van der Waals surface area contributed by atoms with Crippen molar-refractivity contribution in [2.45, 2.75) is 25.6 Å². The van der Waals surface area contributed by atoms with E-state index >= 15 is 0 Å². The zero-order chi connectivity index (χ0) is 25.2. The average Bonchev–Trinajstić information content (AvgIpc) is 3.25. The van der Waals surface area contributed by atoms with E-state index in [4.69, 9.17) is 0 Å². The molecule has 0 heterocycles. The van der Waals surface area contributed by atoms with E-state index in [0.29, 0.717) is 12.5 Å². The van der Waals surface area contributed by atoms with Gasteiger partial charge in [0.25, 0.3) is 11.8 Å². The van der Waals surface area contributed by atoms with Crippen LogP contribution in [0.15, 0.2) is 35.4 Å². The van der Waals surface area contributed by atoms with Crippen molar-refractivity contribution >= 4 is 29.4 Å². The van der Waals surface area contributed by atoms with E-state index in [1.165, 1.54) is 0 Å². The molecule has 3 rings (SSSR count). The maximum atomic E-state index is 14.7. The predicted molar refractivity (Wildman–Crippen MR) is 110 cm³/mol. The number of hydrogen-bond donors (Lipinski definition) is 2. The molecule has 13 heteroatoms. The largest absolute Gasteiger partial charge is 0.573 e. The third-order valence-corrected chi connectivity index (χ3v) is 5.21. The van der Waals surface area contributed by atoms with E-state index in [-0.39, 0.29) is 24.0 Å². The third-order valence-electron chi connectivity index (χ3n) is 4.82. The number of benzene rings is 2. The van der Waals surface area contributed by atoms with Crippen LogP contribution >= 0.6 is 11.9 Å². The molecule has 34 heavy (non-hydrogen) atoms. The Kier molecular flexibility index (Phi) is 7.44. The number of nitrogens with one attached hydrogen (secondary N) is 2. The van der Waals surface area contributed by atoms with E-state index in [1.807, 2.05) is 0 Å². The van der Waals surface area contributed by atoms with Crippen molar-refractivity contribution in [3.8, 4) is 16.9 Å². The summed E-state index contributed by atoms with van der Waals surface area (Å²) < 4.78 is 102. The minimum Gasteiger partial charge on any atom is -0.406 e. The second-order valence-electron chi connectivity index (χ2n) is 6.98. The maximum Gasteiger partial charge on any atom is 0.573 e. The van der Waals surface area contributed by atoms with Crippen LogP contribution in [0.2, 0.25) is 0 Å². The van der Waals surface area contributed by atoms with Gasteiger partial charge in [-0.15, -0.1) is 13.2 Å². The summed E-state index contributed by atoms with van der Waals surface area (Å²) in [6.45, 7) is 0. The van der Waals surface area contributed by atoms with Gasteiger partial charge in [0, 0.05) is 17.4 Å².